The molecule has 0 fully saturated rings. The Bertz CT molecular complexity index is 2400. The first-order valence-corrected chi connectivity index (χ1v) is 17.6. The zero-order valence-electron chi connectivity index (χ0n) is 26.3. The first kappa shape index (κ1) is 36.0. The van der Waals surface area contributed by atoms with E-state index in [2.05, 4.69) is 16.0 Å². The number of nitrogens with two attached hydrogens (primary N) is 2. The van der Waals surface area contributed by atoms with Crippen LogP contribution in [0.3, 0.4) is 0 Å². The van der Waals surface area contributed by atoms with Gasteiger partial charge < -0.3 is 27.4 Å². The molecule has 5 rings (SSSR count). The highest BCUT2D eigenvalue weighted by Gasteiger charge is 2.19. The molecule has 0 saturated carbocycles. The summed E-state index contributed by atoms with van der Waals surface area (Å²) in [4.78, 5) is 36.8. The van der Waals surface area contributed by atoms with Crippen molar-refractivity contribution in [3.63, 3.8) is 0 Å². The van der Waals surface area contributed by atoms with Gasteiger partial charge in [-0.05, 0) is 108 Å². The SMILES string of the molecule is Nc1ccc(C(=O)Nc2ccc(C(=O)Nc3ccc(/C=C/c4ccc(NC(=O)c5ccc(N)cc5)cc4S(=O)(=O)O)c(S(=O)(=O)O)c3)cc2)cc1. The van der Waals surface area contributed by atoms with Crippen LogP contribution in [0, 0.1) is 0 Å². The number of carbonyl (C=O) groups excluding carboxylic acids is 3. The lowest BCUT2D eigenvalue weighted by Gasteiger charge is -2.11. The third-order valence-corrected chi connectivity index (χ3v) is 9.11. The van der Waals surface area contributed by atoms with E-state index >= 15 is 0 Å². The van der Waals surface area contributed by atoms with Crippen LogP contribution in [0.25, 0.3) is 12.2 Å². The molecule has 0 aromatic heterocycles. The highest BCUT2D eigenvalue weighted by atomic mass is 32.2. The fraction of sp³-hybridized carbons (Fsp3) is 0. The van der Waals surface area contributed by atoms with Crippen molar-refractivity contribution in [3.05, 3.63) is 137 Å². The lowest BCUT2D eigenvalue weighted by molar-refractivity contribution is 0.101. The maximum atomic E-state index is 12.9. The van der Waals surface area contributed by atoms with Crippen molar-refractivity contribution in [3.8, 4) is 0 Å². The summed E-state index contributed by atoms with van der Waals surface area (Å²) in [5.74, 6) is -1.58. The van der Waals surface area contributed by atoms with Crippen molar-refractivity contribution < 1.29 is 40.3 Å². The molecule has 0 unspecified atom stereocenters. The number of rotatable bonds is 10. The van der Waals surface area contributed by atoms with E-state index in [1.54, 1.807) is 24.3 Å². The molecule has 0 aliphatic rings. The number of benzene rings is 5. The predicted octanol–water partition coefficient (Wildman–Crippen LogP) is 5.27. The summed E-state index contributed by atoms with van der Waals surface area (Å²) in [6.45, 7) is 0. The van der Waals surface area contributed by atoms with Crippen LogP contribution >= 0.6 is 0 Å². The molecule has 0 aliphatic heterocycles. The lowest BCUT2D eigenvalue weighted by atomic mass is 10.1. The van der Waals surface area contributed by atoms with Crippen molar-refractivity contribution >= 4 is 78.5 Å². The van der Waals surface area contributed by atoms with Crippen LogP contribution in [-0.2, 0) is 20.2 Å². The minimum Gasteiger partial charge on any atom is -0.399 e. The second-order valence-corrected chi connectivity index (χ2v) is 13.8. The average Bonchev–Trinajstić information content (AvgIpc) is 3.08. The summed E-state index contributed by atoms with van der Waals surface area (Å²) in [6.07, 6.45) is 2.37. The minimum absolute atomic E-state index is 0.00493. The fourth-order valence-electron chi connectivity index (χ4n) is 4.71. The van der Waals surface area contributed by atoms with Crippen molar-refractivity contribution in [2.24, 2.45) is 0 Å². The molecule has 51 heavy (non-hydrogen) atoms. The van der Waals surface area contributed by atoms with E-state index in [-0.39, 0.29) is 39.5 Å². The van der Waals surface area contributed by atoms with E-state index in [9.17, 15) is 40.3 Å². The molecule has 0 saturated heterocycles. The van der Waals surface area contributed by atoms with Gasteiger partial charge in [-0.1, -0.05) is 24.3 Å². The number of nitrogens with one attached hydrogen (secondary N) is 3. The van der Waals surface area contributed by atoms with E-state index in [0.717, 1.165) is 12.1 Å². The normalized spacial score (nSPS) is 11.6. The van der Waals surface area contributed by atoms with Gasteiger partial charge in [-0.2, -0.15) is 16.8 Å². The van der Waals surface area contributed by atoms with E-state index in [4.69, 9.17) is 11.5 Å². The third-order valence-electron chi connectivity index (χ3n) is 7.29. The van der Waals surface area contributed by atoms with Crippen LogP contribution in [0.1, 0.15) is 42.2 Å². The van der Waals surface area contributed by atoms with Crippen molar-refractivity contribution in [1.29, 1.82) is 0 Å². The van der Waals surface area contributed by atoms with Gasteiger partial charge in [-0.3, -0.25) is 23.5 Å². The van der Waals surface area contributed by atoms with Crippen LogP contribution in [0.5, 0.6) is 0 Å². The highest BCUT2D eigenvalue weighted by Crippen LogP contribution is 2.27. The monoisotopic (exact) mass is 727 g/mol. The maximum Gasteiger partial charge on any atom is 0.295 e. The smallest absolute Gasteiger partial charge is 0.295 e. The Balaban J connectivity index is 1.33. The molecule has 14 nitrogen and oxygen atoms in total. The largest absolute Gasteiger partial charge is 0.399 e. The van der Waals surface area contributed by atoms with E-state index in [0.29, 0.717) is 22.6 Å². The highest BCUT2D eigenvalue weighted by molar-refractivity contribution is 7.86. The quantitative estimate of drug-likeness (QED) is 0.0554. The standard InChI is InChI=1S/C35H29N5O9S2/c36-26-11-3-23(4-12-26)33(41)38-28-15-9-25(10-16-28)35(43)40-30-18-8-22(32(20-30)51(47,48)49)2-1-21-7-17-29(19-31(21)50(44,45)46)39-34(42)24-5-13-27(37)14-6-24/h1-20H,36-37H2,(H,38,41)(H,39,42)(H,40,43)(H,44,45,46)(H,47,48,49)/b2-1+. The molecule has 0 heterocycles. The molecule has 0 bridgehead atoms. The van der Waals surface area contributed by atoms with E-state index in [1.165, 1.54) is 84.9 Å². The number of hydrogen-bond donors (Lipinski definition) is 7. The Morgan fingerprint density at radius 2 is 0.765 bits per heavy atom. The maximum absolute atomic E-state index is 12.9. The van der Waals surface area contributed by atoms with E-state index < -0.39 is 41.8 Å². The topological polar surface area (TPSA) is 248 Å². The first-order valence-electron chi connectivity index (χ1n) is 14.7. The first-order chi connectivity index (χ1) is 24.1. The van der Waals surface area contributed by atoms with Gasteiger partial charge in [-0.15, -0.1) is 0 Å². The summed E-state index contributed by atoms with van der Waals surface area (Å²) >= 11 is 0. The average molecular weight is 728 g/mol. The van der Waals surface area contributed by atoms with Crippen molar-refractivity contribution in [2.45, 2.75) is 9.79 Å². The van der Waals surface area contributed by atoms with Gasteiger partial charge in [-0.25, -0.2) is 0 Å². The molecule has 0 radical (unpaired) electrons. The Kier molecular flexibility index (Phi) is 10.3. The van der Waals surface area contributed by atoms with Crippen LogP contribution in [0.2, 0.25) is 0 Å². The van der Waals surface area contributed by atoms with Gasteiger partial charge in [0, 0.05) is 45.1 Å². The Labute approximate surface area is 292 Å². The Morgan fingerprint density at radius 1 is 0.471 bits per heavy atom. The second-order valence-electron chi connectivity index (χ2n) is 11.0. The van der Waals surface area contributed by atoms with Gasteiger partial charge in [0.15, 0.2) is 0 Å². The van der Waals surface area contributed by atoms with Crippen LogP contribution in [0.4, 0.5) is 28.4 Å². The third kappa shape index (κ3) is 9.22. The molecule has 0 atom stereocenters. The summed E-state index contributed by atoms with van der Waals surface area (Å²) in [6, 6.07) is 25.5. The second kappa shape index (κ2) is 14.7. The summed E-state index contributed by atoms with van der Waals surface area (Å²) < 4.78 is 68.9. The summed E-state index contributed by atoms with van der Waals surface area (Å²) in [5, 5.41) is 7.76. The van der Waals surface area contributed by atoms with Crippen LogP contribution in [0.15, 0.2) is 119 Å². The number of nitrogen functional groups attached to an aromatic ring is 2. The molecule has 260 valence electrons. The van der Waals surface area contributed by atoms with Gasteiger partial charge in [0.2, 0.25) is 0 Å². The lowest BCUT2D eigenvalue weighted by Crippen LogP contribution is -2.14. The molecule has 5 aromatic rings. The molecule has 3 amide bonds. The minimum atomic E-state index is -4.86. The van der Waals surface area contributed by atoms with Gasteiger partial charge >= 0.3 is 0 Å². The fourth-order valence-corrected chi connectivity index (χ4v) is 6.13. The van der Waals surface area contributed by atoms with Gasteiger partial charge in [0.1, 0.15) is 9.79 Å². The van der Waals surface area contributed by atoms with Crippen molar-refractivity contribution in [2.75, 3.05) is 27.4 Å². The van der Waals surface area contributed by atoms with Crippen LogP contribution in [-0.4, -0.2) is 43.7 Å². The van der Waals surface area contributed by atoms with Crippen LogP contribution < -0.4 is 27.4 Å². The Hall–Kier alpha value is -6.33. The number of carbonyl (C=O) groups is 3. The number of amides is 3. The molecular formula is C35H29N5O9S2. The summed E-state index contributed by atoms with van der Waals surface area (Å²) in [5.41, 5.74) is 13.3. The Morgan fingerprint density at radius 3 is 1.10 bits per heavy atom. The number of hydrogen-bond acceptors (Lipinski definition) is 9. The molecule has 0 aliphatic carbocycles. The van der Waals surface area contributed by atoms with Crippen molar-refractivity contribution in [1.82, 2.24) is 0 Å². The molecule has 9 N–H and O–H groups in total. The van der Waals surface area contributed by atoms with E-state index in [1.807, 2.05) is 0 Å². The zero-order valence-corrected chi connectivity index (χ0v) is 27.9. The zero-order chi connectivity index (χ0) is 36.9. The summed E-state index contributed by atoms with van der Waals surface area (Å²) in [7, 11) is -9.70. The number of anilines is 5. The molecule has 16 heteroatoms. The molecular weight excluding hydrogens is 699 g/mol. The van der Waals surface area contributed by atoms with Gasteiger partial charge in [0.25, 0.3) is 38.0 Å². The molecule has 5 aromatic carbocycles. The molecule has 0 spiro atoms. The predicted molar refractivity (Wildman–Crippen MR) is 193 cm³/mol. The van der Waals surface area contributed by atoms with Gasteiger partial charge in [0.05, 0.1) is 0 Å².